The average molecular weight is 924 g/mol. The first-order valence-electron chi connectivity index (χ1n) is 19.9. The molecule has 64 heavy (non-hydrogen) atoms. The summed E-state index contributed by atoms with van der Waals surface area (Å²) < 4.78 is 6.19. The number of ether oxygens (including phenoxy) is 1. The smallest absolute Gasteiger partial charge is 0.305 e. The van der Waals surface area contributed by atoms with Crippen molar-refractivity contribution in [1.29, 1.82) is 5.41 Å². The zero-order valence-electron chi connectivity index (χ0n) is 34.5. The molecule has 0 aliphatic carbocycles. The second-order valence-corrected chi connectivity index (χ2v) is 17.5. The van der Waals surface area contributed by atoms with E-state index in [0.29, 0.717) is 11.3 Å². The van der Waals surface area contributed by atoms with Crippen molar-refractivity contribution in [3.8, 4) is 0 Å². The van der Waals surface area contributed by atoms with Crippen LogP contribution in [0.4, 0.5) is 5.69 Å². The predicted molar refractivity (Wildman–Crippen MR) is 235 cm³/mol. The number of nitrogen functional groups attached to an aromatic ring is 1. The number of benzene rings is 2. The van der Waals surface area contributed by atoms with Crippen molar-refractivity contribution in [3.63, 3.8) is 0 Å². The number of nitrogens with two attached hydrogens (primary N) is 2. The number of primary amides is 1. The van der Waals surface area contributed by atoms with Crippen LogP contribution in [0.1, 0.15) is 43.7 Å². The molecule has 2 aliphatic rings. The predicted octanol–water partition coefficient (Wildman–Crippen LogP) is -1.21. The van der Waals surface area contributed by atoms with E-state index in [1.807, 2.05) is 24.3 Å². The maximum atomic E-state index is 14.0. The van der Waals surface area contributed by atoms with Crippen LogP contribution in [0.5, 0.6) is 0 Å². The van der Waals surface area contributed by atoms with Gasteiger partial charge in [-0.1, -0.05) is 39.8 Å². The van der Waals surface area contributed by atoms with Crippen molar-refractivity contribution in [2.24, 2.45) is 11.5 Å². The molecule has 0 radical (unpaired) electrons. The van der Waals surface area contributed by atoms with E-state index in [1.54, 1.807) is 6.20 Å². The Labute approximate surface area is 373 Å². The molecule has 24 heteroatoms. The van der Waals surface area contributed by atoms with Gasteiger partial charge in [-0.15, -0.1) is 0 Å². The summed E-state index contributed by atoms with van der Waals surface area (Å²) in [6, 6.07) is 6.46. The zero-order valence-corrected chi connectivity index (χ0v) is 36.1. The fraction of sp³-hybridized carbons (Fsp3) is 0.400. The van der Waals surface area contributed by atoms with Crippen LogP contribution >= 0.6 is 21.6 Å². The third-order valence-electron chi connectivity index (χ3n) is 10.1. The Morgan fingerprint density at radius 3 is 2.30 bits per heavy atom. The molecule has 22 nitrogen and oxygen atoms in total. The number of aromatic nitrogens is 1. The standard InChI is InChI=1S/C40H49N11O11S2/c1-20-40(61)51-17-24(62-18-22-15-44-26-5-3-2-4-25(22)26)12-30(51)39(60)50-29(36(43)57)19-64-63-11-10-31(52)48-27(13-32(53)47-23-8-6-21(7-9-23)35(41)42)37(58)45-16-33(54)49-28(14-34(55)56)38(59)46-20/h2-9,15,20,24,27-30,44H,10-14,16-19H2,1H3,(H3,41,42)(H2,43,57)(H,45,58)(H,46,59)(H,47,53)(H,48,52)(H,49,54)(H,50,60)(H,55,56). The van der Waals surface area contributed by atoms with Gasteiger partial charge in [0.15, 0.2) is 0 Å². The Bertz CT molecular complexity index is 2280. The van der Waals surface area contributed by atoms with Crippen LogP contribution in [0, 0.1) is 5.41 Å². The molecule has 2 saturated heterocycles. The van der Waals surface area contributed by atoms with Gasteiger partial charge in [-0.25, -0.2) is 0 Å². The lowest BCUT2D eigenvalue weighted by molar-refractivity contribution is -0.143. The van der Waals surface area contributed by atoms with Crippen LogP contribution in [0.3, 0.4) is 0 Å². The molecular formula is C40H49N11O11S2. The highest BCUT2D eigenvalue weighted by Gasteiger charge is 2.43. The van der Waals surface area contributed by atoms with Crippen LogP contribution in [0.2, 0.25) is 0 Å². The van der Waals surface area contributed by atoms with Gasteiger partial charge in [0.1, 0.15) is 36.0 Å². The van der Waals surface area contributed by atoms with E-state index >= 15 is 0 Å². The molecule has 3 aromatic rings. The van der Waals surface area contributed by atoms with Crippen LogP contribution in [0.15, 0.2) is 54.7 Å². The van der Waals surface area contributed by atoms with Gasteiger partial charge < -0.3 is 63.1 Å². The van der Waals surface area contributed by atoms with Crippen LogP contribution in [0.25, 0.3) is 10.9 Å². The molecule has 8 amide bonds. The van der Waals surface area contributed by atoms with Crippen molar-refractivity contribution in [3.05, 3.63) is 65.9 Å². The number of amides is 8. The summed E-state index contributed by atoms with van der Waals surface area (Å²) in [5.41, 5.74) is 13.5. The number of aliphatic carboxylic acids is 1. The van der Waals surface area contributed by atoms with E-state index in [-0.39, 0.29) is 43.3 Å². The average Bonchev–Trinajstić information content (AvgIpc) is 3.87. The molecule has 3 heterocycles. The SMILES string of the molecule is CC1NC(=O)C(CC(=O)O)NC(=O)CNC(=O)C(CC(=O)Nc2ccc(C(=N)N)cc2)NC(=O)CCSSCC(C(N)=O)NC(=O)C2CC(OCc3c[nH]c4ccccc34)CN2C1=O. The summed E-state index contributed by atoms with van der Waals surface area (Å²) >= 11 is 0. The second-order valence-electron chi connectivity index (χ2n) is 14.9. The molecule has 6 atom stereocenters. The lowest BCUT2D eigenvalue weighted by atomic mass is 10.1. The number of carbonyl (C=O) groups excluding carboxylic acids is 8. The number of carboxylic acids is 1. The monoisotopic (exact) mass is 923 g/mol. The van der Waals surface area contributed by atoms with E-state index in [0.717, 1.165) is 38.1 Å². The number of amidine groups is 1. The highest BCUT2D eigenvalue weighted by Crippen LogP contribution is 2.27. The first-order valence-corrected chi connectivity index (χ1v) is 22.4. The number of rotatable bonds is 10. The quantitative estimate of drug-likeness (QED) is 0.0646. The third kappa shape index (κ3) is 13.7. The van der Waals surface area contributed by atoms with Gasteiger partial charge in [-0.2, -0.15) is 0 Å². The highest BCUT2D eigenvalue weighted by atomic mass is 33.1. The number of carbonyl (C=O) groups is 9. The Balaban J connectivity index is 1.32. The zero-order chi connectivity index (χ0) is 46.5. The first kappa shape index (κ1) is 48.4. The number of hydrogen-bond acceptors (Lipinski definition) is 13. The lowest BCUT2D eigenvalue weighted by Crippen LogP contribution is -2.58. The molecule has 5 rings (SSSR count). The molecule has 2 aromatic carbocycles. The summed E-state index contributed by atoms with van der Waals surface area (Å²) in [5.74, 6) is -8.35. The number of hydrogen-bond donors (Lipinski definition) is 11. The number of aromatic amines is 1. The Morgan fingerprint density at radius 1 is 0.891 bits per heavy atom. The van der Waals surface area contributed by atoms with Gasteiger partial charge in [-0.05, 0) is 37.3 Å². The summed E-state index contributed by atoms with van der Waals surface area (Å²) in [6.07, 6.45) is -0.583. The van der Waals surface area contributed by atoms with Gasteiger partial charge in [-0.3, -0.25) is 48.6 Å². The first-order chi connectivity index (χ1) is 30.5. The van der Waals surface area contributed by atoms with Gasteiger partial charge >= 0.3 is 5.97 Å². The molecule has 342 valence electrons. The summed E-state index contributed by atoms with van der Waals surface area (Å²) in [7, 11) is 2.28. The summed E-state index contributed by atoms with van der Waals surface area (Å²) in [6.45, 7) is 0.524. The third-order valence-corrected chi connectivity index (χ3v) is 12.5. The lowest BCUT2D eigenvalue weighted by Gasteiger charge is -2.28. The van der Waals surface area contributed by atoms with Crippen molar-refractivity contribution < 1.29 is 53.0 Å². The maximum absolute atomic E-state index is 14.0. The molecule has 13 N–H and O–H groups in total. The molecule has 2 aliphatic heterocycles. The number of para-hydroxylation sites is 1. The van der Waals surface area contributed by atoms with Crippen molar-refractivity contribution in [2.75, 3.05) is 29.9 Å². The van der Waals surface area contributed by atoms with Gasteiger partial charge in [0.2, 0.25) is 47.3 Å². The van der Waals surface area contributed by atoms with Gasteiger partial charge in [0, 0.05) is 64.8 Å². The number of fused-ring (bicyclic) bond motifs is 2. The number of carboxylic acid groups (broad SMARTS) is 1. The van der Waals surface area contributed by atoms with Gasteiger partial charge in [0.25, 0.3) is 0 Å². The Hall–Kier alpha value is -6.66. The maximum Gasteiger partial charge on any atom is 0.305 e. The number of anilines is 1. The van der Waals surface area contributed by atoms with Crippen molar-refractivity contribution >= 4 is 97.2 Å². The molecule has 0 spiro atoms. The largest absolute Gasteiger partial charge is 0.481 e. The molecule has 6 unspecified atom stereocenters. The Morgan fingerprint density at radius 2 is 1.59 bits per heavy atom. The normalized spacial score (nSPS) is 23.4. The van der Waals surface area contributed by atoms with E-state index in [2.05, 4.69) is 36.9 Å². The number of nitrogens with zero attached hydrogens (tertiary/aromatic N) is 1. The van der Waals surface area contributed by atoms with E-state index in [1.165, 1.54) is 36.1 Å². The Kier molecular flexibility index (Phi) is 17.1. The fourth-order valence-corrected chi connectivity index (χ4v) is 8.96. The number of H-pyrrole nitrogens is 1. The van der Waals surface area contributed by atoms with Gasteiger partial charge in [0.05, 0.1) is 32.1 Å². The minimum Gasteiger partial charge on any atom is -0.481 e. The van der Waals surface area contributed by atoms with E-state index < -0.39 is 109 Å². The minimum absolute atomic E-state index is 0.00334. The van der Waals surface area contributed by atoms with Crippen molar-refractivity contribution in [2.45, 2.75) is 75.5 Å². The molecule has 2 fully saturated rings. The van der Waals surface area contributed by atoms with Crippen LogP contribution < -0.4 is 43.4 Å². The topological polar surface area (TPSA) is 350 Å². The highest BCUT2D eigenvalue weighted by molar-refractivity contribution is 8.76. The molecular weight excluding hydrogens is 875 g/mol. The number of nitrogens with one attached hydrogen (secondary N) is 8. The van der Waals surface area contributed by atoms with E-state index in [9.17, 15) is 48.3 Å². The summed E-state index contributed by atoms with van der Waals surface area (Å²) in [5, 5.41) is 32.6. The van der Waals surface area contributed by atoms with Crippen molar-refractivity contribution in [1.82, 2.24) is 36.5 Å². The molecule has 0 saturated carbocycles. The van der Waals surface area contributed by atoms with E-state index in [4.69, 9.17) is 21.6 Å². The molecule has 1 aromatic heterocycles. The summed E-state index contributed by atoms with van der Waals surface area (Å²) in [4.78, 5) is 123. The van der Waals surface area contributed by atoms with Crippen LogP contribution in [-0.2, 0) is 54.5 Å². The minimum atomic E-state index is -1.74. The fourth-order valence-electron chi connectivity index (χ4n) is 6.79. The van der Waals surface area contributed by atoms with Crippen LogP contribution in [-0.4, -0.2) is 135 Å². The molecule has 0 bridgehead atoms. The second kappa shape index (κ2) is 22.6.